The molecule has 0 spiro atoms. The van der Waals surface area contributed by atoms with E-state index in [1.54, 1.807) is 30.5 Å². The molecule has 26 heavy (non-hydrogen) atoms. The van der Waals surface area contributed by atoms with Crippen LogP contribution in [0.1, 0.15) is 16.6 Å². The smallest absolute Gasteiger partial charge is 0.246 e. The number of nitrogens with one attached hydrogen (secondary N) is 2. The Morgan fingerprint density at radius 1 is 1.27 bits per heavy atom. The Labute approximate surface area is 177 Å². The lowest BCUT2D eigenvalue weighted by Gasteiger charge is -2.08. The summed E-state index contributed by atoms with van der Waals surface area (Å²) in [4.78, 5) is 12.9. The number of aromatic nitrogens is 3. The van der Waals surface area contributed by atoms with Gasteiger partial charge in [0.1, 0.15) is 5.01 Å². The zero-order chi connectivity index (χ0) is 17.6. The second kappa shape index (κ2) is 9.83. The Balaban J connectivity index is 0.00000243. The molecule has 0 aliphatic carbocycles. The predicted octanol–water partition coefficient (Wildman–Crippen LogP) is 3.64. The van der Waals surface area contributed by atoms with Gasteiger partial charge in [0, 0.05) is 28.7 Å². The highest BCUT2D eigenvalue weighted by molar-refractivity contribution is 14.0. The Kier molecular flexibility index (Phi) is 7.79. The molecule has 0 radical (unpaired) electrons. The lowest BCUT2D eigenvalue weighted by atomic mass is 10.2. The van der Waals surface area contributed by atoms with E-state index in [0.29, 0.717) is 35.8 Å². The molecule has 0 aliphatic rings. The third-order valence-corrected chi connectivity index (χ3v) is 4.46. The maximum absolute atomic E-state index is 5.98. The molecule has 7 nitrogen and oxygen atoms in total. The molecule has 0 amide bonds. The quantitative estimate of drug-likeness (QED) is 0.313. The Hall–Kier alpha value is -1.72. The normalized spacial score (nSPS) is 11.1. The molecule has 10 heteroatoms. The first kappa shape index (κ1) is 20.6. The van der Waals surface area contributed by atoms with Gasteiger partial charge in [-0.05, 0) is 19.1 Å². The molecule has 0 atom stereocenters. The van der Waals surface area contributed by atoms with Crippen molar-refractivity contribution in [2.75, 3.05) is 7.05 Å². The van der Waals surface area contributed by atoms with Gasteiger partial charge in [-0.2, -0.15) is 4.98 Å². The molecule has 0 unspecified atom stereocenters. The van der Waals surface area contributed by atoms with E-state index in [4.69, 9.17) is 16.1 Å². The van der Waals surface area contributed by atoms with Crippen LogP contribution in [0.3, 0.4) is 0 Å². The molecule has 0 aliphatic heterocycles. The van der Waals surface area contributed by atoms with E-state index in [0.717, 1.165) is 16.3 Å². The molecule has 0 fully saturated rings. The Morgan fingerprint density at radius 2 is 2.08 bits per heavy atom. The number of nitrogens with zero attached hydrogens (tertiary/aromatic N) is 4. The van der Waals surface area contributed by atoms with Crippen molar-refractivity contribution in [3.05, 3.63) is 51.3 Å². The molecule has 3 rings (SSSR count). The van der Waals surface area contributed by atoms with Gasteiger partial charge < -0.3 is 15.2 Å². The van der Waals surface area contributed by atoms with Crippen LogP contribution in [0.15, 0.2) is 39.2 Å². The van der Waals surface area contributed by atoms with Gasteiger partial charge in [-0.1, -0.05) is 28.9 Å². The van der Waals surface area contributed by atoms with Gasteiger partial charge in [-0.25, -0.2) is 4.98 Å². The third kappa shape index (κ3) is 5.64. The van der Waals surface area contributed by atoms with Crippen molar-refractivity contribution >= 4 is 52.9 Å². The first-order valence-electron chi connectivity index (χ1n) is 7.58. The summed E-state index contributed by atoms with van der Waals surface area (Å²) in [5.74, 6) is 1.60. The van der Waals surface area contributed by atoms with Crippen molar-refractivity contribution in [1.29, 1.82) is 0 Å². The number of benzene rings is 1. The van der Waals surface area contributed by atoms with E-state index in [9.17, 15) is 0 Å². The number of aliphatic imine (C=N–C) groups is 1. The minimum absolute atomic E-state index is 0. The van der Waals surface area contributed by atoms with E-state index in [-0.39, 0.29) is 24.0 Å². The highest BCUT2D eigenvalue weighted by Gasteiger charge is 2.10. The Morgan fingerprint density at radius 3 is 2.77 bits per heavy atom. The maximum atomic E-state index is 5.98. The van der Waals surface area contributed by atoms with Crippen LogP contribution in [0.25, 0.3) is 11.4 Å². The Bertz CT molecular complexity index is 881. The van der Waals surface area contributed by atoms with E-state index in [1.165, 1.54) is 0 Å². The zero-order valence-electron chi connectivity index (χ0n) is 14.2. The molecule has 0 bridgehead atoms. The summed E-state index contributed by atoms with van der Waals surface area (Å²) < 4.78 is 5.26. The standard InChI is InChI=1S/C16H17ClN6OS.HI/c1-10-9-25-14(21-10)8-20-16(18-2)19-7-13-22-15(23-24-13)11-4-3-5-12(17)6-11;/h3-6,9H,7-8H2,1-2H3,(H2,18,19,20);1H. The summed E-state index contributed by atoms with van der Waals surface area (Å²) >= 11 is 7.59. The lowest BCUT2D eigenvalue weighted by molar-refractivity contribution is 0.375. The monoisotopic (exact) mass is 504 g/mol. The third-order valence-electron chi connectivity index (χ3n) is 3.26. The van der Waals surface area contributed by atoms with Crippen LogP contribution in [0, 0.1) is 6.92 Å². The van der Waals surface area contributed by atoms with Gasteiger partial charge in [-0.15, -0.1) is 35.3 Å². The number of halogens is 2. The van der Waals surface area contributed by atoms with E-state index < -0.39 is 0 Å². The first-order chi connectivity index (χ1) is 12.1. The van der Waals surface area contributed by atoms with E-state index >= 15 is 0 Å². The second-order valence-electron chi connectivity index (χ2n) is 5.18. The predicted molar refractivity (Wildman–Crippen MR) is 114 cm³/mol. The van der Waals surface area contributed by atoms with E-state index in [2.05, 4.69) is 30.8 Å². The van der Waals surface area contributed by atoms with E-state index in [1.807, 2.05) is 24.4 Å². The average Bonchev–Trinajstić information content (AvgIpc) is 3.24. The molecule has 0 saturated heterocycles. The fourth-order valence-corrected chi connectivity index (χ4v) is 3.00. The topological polar surface area (TPSA) is 88.2 Å². The van der Waals surface area contributed by atoms with Crippen LogP contribution in [-0.2, 0) is 13.1 Å². The van der Waals surface area contributed by atoms with Crippen LogP contribution < -0.4 is 10.6 Å². The second-order valence-corrected chi connectivity index (χ2v) is 6.56. The number of hydrogen-bond donors (Lipinski definition) is 2. The van der Waals surface area contributed by atoms with Crippen LogP contribution in [0.5, 0.6) is 0 Å². The van der Waals surface area contributed by atoms with Gasteiger partial charge in [0.05, 0.1) is 13.1 Å². The van der Waals surface area contributed by atoms with Gasteiger partial charge >= 0.3 is 0 Å². The van der Waals surface area contributed by atoms with Gasteiger partial charge in [-0.3, -0.25) is 4.99 Å². The fraction of sp³-hybridized carbons (Fsp3) is 0.250. The largest absolute Gasteiger partial charge is 0.350 e. The SMILES string of the molecule is CN=C(NCc1nc(-c2cccc(Cl)c2)no1)NCc1nc(C)cs1.I. The molecule has 0 saturated carbocycles. The molecular weight excluding hydrogens is 487 g/mol. The number of rotatable bonds is 5. The molecule has 138 valence electrons. The minimum atomic E-state index is 0. The highest BCUT2D eigenvalue weighted by Crippen LogP contribution is 2.19. The molecule has 1 aromatic carbocycles. The molecule has 2 aromatic heterocycles. The van der Waals surface area contributed by atoms with Crippen molar-refractivity contribution in [2.24, 2.45) is 4.99 Å². The minimum Gasteiger partial charge on any atom is -0.350 e. The maximum Gasteiger partial charge on any atom is 0.246 e. The van der Waals surface area contributed by atoms with Crippen LogP contribution in [0.2, 0.25) is 5.02 Å². The summed E-state index contributed by atoms with van der Waals surface area (Å²) in [7, 11) is 1.70. The summed E-state index contributed by atoms with van der Waals surface area (Å²) in [5.41, 5.74) is 1.83. The number of aryl methyl sites for hydroxylation is 1. The number of hydrogen-bond acceptors (Lipinski definition) is 6. The van der Waals surface area contributed by atoms with Crippen molar-refractivity contribution in [1.82, 2.24) is 25.8 Å². The van der Waals surface area contributed by atoms with Crippen LogP contribution in [-0.4, -0.2) is 28.1 Å². The summed E-state index contributed by atoms with van der Waals surface area (Å²) in [6, 6.07) is 7.32. The molecular formula is C16H18ClIN6OS. The number of thiazole rings is 1. The summed E-state index contributed by atoms with van der Waals surface area (Å²) in [6.45, 7) is 2.94. The van der Waals surface area contributed by atoms with Crippen LogP contribution >= 0.6 is 46.9 Å². The van der Waals surface area contributed by atoms with Crippen LogP contribution in [0.4, 0.5) is 0 Å². The summed E-state index contributed by atoms with van der Waals surface area (Å²) in [5, 5.41) is 13.9. The van der Waals surface area contributed by atoms with Crippen molar-refractivity contribution in [3.63, 3.8) is 0 Å². The molecule has 3 aromatic rings. The molecule has 2 N–H and O–H groups in total. The van der Waals surface area contributed by atoms with Gasteiger partial charge in [0.2, 0.25) is 11.7 Å². The lowest BCUT2D eigenvalue weighted by Crippen LogP contribution is -2.36. The molecule has 2 heterocycles. The van der Waals surface area contributed by atoms with Crippen molar-refractivity contribution in [2.45, 2.75) is 20.0 Å². The van der Waals surface area contributed by atoms with Gasteiger partial charge in [0.25, 0.3) is 0 Å². The number of guanidine groups is 1. The van der Waals surface area contributed by atoms with Crippen molar-refractivity contribution < 1.29 is 4.52 Å². The van der Waals surface area contributed by atoms with Crippen molar-refractivity contribution in [3.8, 4) is 11.4 Å². The zero-order valence-corrected chi connectivity index (χ0v) is 18.1. The average molecular weight is 505 g/mol. The highest BCUT2D eigenvalue weighted by atomic mass is 127. The van der Waals surface area contributed by atoms with Gasteiger partial charge in [0.15, 0.2) is 5.96 Å². The fourth-order valence-electron chi connectivity index (χ4n) is 2.09. The first-order valence-corrected chi connectivity index (χ1v) is 8.84. The summed E-state index contributed by atoms with van der Waals surface area (Å²) in [6.07, 6.45) is 0.